The molecular weight excluding hydrogens is 140 g/mol. The Hall–Kier alpha value is -0.370. The summed E-state index contributed by atoms with van der Waals surface area (Å²) in [4.78, 5) is 11.3. The molecule has 2 heterocycles. The third-order valence-corrected chi connectivity index (χ3v) is 2.94. The molecule has 62 valence electrons. The Balaban J connectivity index is 2.20. The van der Waals surface area contributed by atoms with Crippen LogP contribution in [0.2, 0.25) is 0 Å². The molecule has 0 saturated carbocycles. The van der Waals surface area contributed by atoms with Crippen molar-refractivity contribution < 1.29 is 9.53 Å². The molecule has 0 radical (unpaired) electrons. The predicted octanol–water partition coefficient (Wildman–Crippen LogP) is 1.39. The molecule has 0 unspecified atom stereocenters. The lowest BCUT2D eigenvalue weighted by molar-refractivity contribution is -0.128. The SMILES string of the molecule is C[C@@H]1C[C@H](C)[C@@H]2CC(=O)[C@H]1O2. The number of ketones is 1. The fraction of sp³-hybridized carbons (Fsp3) is 0.889. The molecule has 2 aliphatic rings. The molecule has 0 spiro atoms. The molecule has 2 heteroatoms. The van der Waals surface area contributed by atoms with Crippen LogP contribution in [0.25, 0.3) is 0 Å². The minimum Gasteiger partial charge on any atom is -0.366 e. The highest BCUT2D eigenvalue weighted by Crippen LogP contribution is 2.37. The zero-order valence-corrected chi connectivity index (χ0v) is 7.04. The molecule has 2 fully saturated rings. The van der Waals surface area contributed by atoms with E-state index in [-0.39, 0.29) is 12.2 Å². The van der Waals surface area contributed by atoms with Crippen molar-refractivity contribution in [2.24, 2.45) is 11.8 Å². The largest absolute Gasteiger partial charge is 0.366 e. The number of ether oxygens (including phenoxy) is 1. The van der Waals surface area contributed by atoms with Crippen molar-refractivity contribution in [3.8, 4) is 0 Å². The lowest BCUT2D eigenvalue weighted by atomic mass is 9.90. The van der Waals surface area contributed by atoms with Gasteiger partial charge in [-0.15, -0.1) is 0 Å². The van der Waals surface area contributed by atoms with E-state index in [1.54, 1.807) is 0 Å². The molecule has 2 saturated heterocycles. The summed E-state index contributed by atoms with van der Waals surface area (Å²) in [5.74, 6) is 1.34. The van der Waals surface area contributed by atoms with E-state index in [4.69, 9.17) is 4.74 Å². The Morgan fingerprint density at radius 3 is 2.82 bits per heavy atom. The maximum Gasteiger partial charge on any atom is 0.164 e. The average molecular weight is 154 g/mol. The van der Waals surface area contributed by atoms with Gasteiger partial charge < -0.3 is 4.74 Å². The monoisotopic (exact) mass is 154 g/mol. The van der Waals surface area contributed by atoms with E-state index < -0.39 is 0 Å². The second-order valence-corrected chi connectivity index (χ2v) is 3.96. The second-order valence-electron chi connectivity index (χ2n) is 3.96. The summed E-state index contributed by atoms with van der Waals surface area (Å²) in [5, 5.41) is 0. The number of fused-ring (bicyclic) bond motifs is 2. The minimum absolute atomic E-state index is 0.0591. The second kappa shape index (κ2) is 2.31. The first-order valence-corrected chi connectivity index (χ1v) is 4.36. The summed E-state index contributed by atoms with van der Waals surface area (Å²) >= 11 is 0. The summed E-state index contributed by atoms with van der Waals surface area (Å²) in [5.41, 5.74) is 0. The summed E-state index contributed by atoms with van der Waals surface area (Å²) in [7, 11) is 0. The Bertz CT molecular complexity index is 188. The van der Waals surface area contributed by atoms with Crippen LogP contribution in [-0.4, -0.2) is 18.0 Å². The number of rotatable bonds is 0. The molecule has 0 aromatic rings. The van der Waals surface area contributed by atoms with Crippen molar-refractivity contribution in [3.05, 3.63) is 0 Å². The van der Waals surface area contributed by atoms with Gasteiger partial charge in [0, 0.05) is 6.42 Å². The fourth-order valence-electron chi connectivity index (χ4n) is 2.28. The van der Waals surface area contributed by atoms with E-state index in [0.717, 1.165) is 6.42 Å². The van der Waals surface area contributed by atoms with Gasteiger partial charge in [-0.2, -0.15) is 0 Å². The van der Waals surface area contributed by atoms with Crippen LogP contribution in [0.15, 0.2) is 0 Å². The molecule has 2 rings (SSSR count). The van der Waals surface area contributed by atoms with Crippen LogP contribution in [0.4, 0.5) is 0 Å². The van der Waals surface area contributed by atoms with Gasteiger partial charge in [-0.1, -0.05) is 13.8 Å². The van der Waals surface area contributed by atoms with Gasteiger partial charge in [0.05, 0.1) is 6.10 Å². The van der Waals surface area contributed by atoms with Crippen molar-refractivity contribution in [1.29, 1.82) is 0 Å². The lowest BCUT2D eigenvalue weighted by Gasteiger charge is -2.30. The van der Waals surface area contributed by atoms with Gasteiger partial charge in [0.25, 0.3) is 0 Å². The summed E-state index contributed by atoms with van der Waals surface area (Å²) in [6.45, 7) is 4.29. The maximum absolute atomic E-state index is 11.3. The molecule has 2 aliphatic heterocycles. The molecule has 0 aromatic heterocycles. The van der Waals surface area contributed by atoms with Crippen LogP contribution in [0.5, 0.6) is 0 Å². The van der Waals surface area contributed by atoms with Crippen molar-refractivity contribution in [3.63, 3.8) is 0 Å². The Kier molecular flexibility index (Phi) is 1.53. The topological polar surface area (TPSA) is 26.3 Å². The Morgan fingerprint density at radius 1 is 1.36 bits per heavy atom. The number of hydrogen-bond donors (Lipinski definition) is 0. The predicted molar refractivity (Wildman–Crippen MR) is 41.2 cm³/mol. The van der Waals surface area contributed by atoms with Crippen LogP contribution >= 0.6 is 0 Å². The Labute approximate surface area is 66.9 Å². The summed E-state index contributed by atoms with van der Waals surface area (Å²) < 4.78 is 5.58. The van der Waals surface area contributed by atoms with E-state index >= 15 is 0 Å². The molecule has 0 aliphatic carbocycles. The highest BCUT2D eigenvalue weighted by molar-refractivity contribution is 5.85. The first-order chi connectivity index (χ1) is 5.18. The van der Waals surface area contributed by atoms with Gasteiger partial charge >= 0.3 is 0 Å². The molecular formula is C9H14O2. The standard InChI is InChI=1S/C9H14O2/c1-5-3-6(2)9-7(10)4-8(5)11-9/h5-6,8-9H,3-4H2,1-2H3/t5-,6+,8-,9-/m0/s1. The van der Waals surface area contributed by atoms with Crippen LogP contribution in [0.3, 0.4) is 0 Å². The quantitative estimate of drug-likeness (QED) is 0.527. The zero-order chi connectivity index (χ0) is 8.01. The van der Waals surface area contributed by atoms with E-state index in [1.807, 2.05) is 0 Å². The zero-order valence-electron chi connectivity index (χ0n) is 7.04. The highest BCUT2D eigenvalue weighted by atomic mass is 16.5. The van der Waals surface area contributed by atoms with Crippen molar-refractivity contribution in [2.45, 2.75) is 38.9 Å². The normalized spacial score (nSPS) is 49.8. The lowest BCUT2D eigenvalue weighted by Crippen LogP contribution is -2.33. The van der Waals surface area contributed by atoms with Crippen LogP contribution in [0.1, 0.15) is 26.7 Å². The van der Waals surface area contributed by atoms with Gasteiger partial charge in [-0.05, 0) is 18.3 Å². The van der Waals surface area contributed by atoms with E-state index in [1.165, 1.54) is 0 Å². The molecule has 11 heavy (non-hydrogen) atoms. The van der Waals surface area contributed by atoms with Crippen LogP contribution in [0, 0.1) is 11.8 Å². The van der Waals surface area contributed by atoms with Crippen LogP contribution in [-0.2, 0) is 9.53 Å². The van der Waals surface area contributed by atoms with Gasteiger partial charge in [0.2, 0.25) is 0 Å². The number of carbonyl (C=O) groups is 1. The average Bonchev–Trinajstić information content (AvgIpc) is 2.26. The van der Waals surface area contributed by atoms with E-state index in [2.05, 4.69) is 13.8 Å². The van der Waals surface area contributed by atoms with Gasteiger partial charge in [0.15, 0.2) is 5.78 Å². The van der Waals surface area contributed by atoms with Crippen molar-refractivity contribution in [2.75, 3.05) is 0 Å². The molecule has 0 N–H and O–H groups in total. The molecule has 0 aromatic carbocycles. The fourth-order valence-corrected chi connectivity index (χ4v) is 2.28. The van der Waals surface area contributed by atoms with Gasteiger partial charge in [-0.3, -0.25) is 4.79 Å². The van der Waals surface area contributed by atoms with E-state index in [0.29, 0.717) is 24.0 Å². The number of Topliss-reactive ketones (excluding diaryl/α,β-unsaturated/α-hetero) is 1. The van der Waals surface area contributed by atoms with Crippen molar-refractivity contribution in [1.82, 2.24) is 0 Å². The molecule has 2 nitrogen and oxygen atoms in total. The van der Waals surface area contributed by atoms with Gasteiger partial charge in [0.1, 0.15) is 6.10 Å². The van der Waals surface area contributed by atoms with Crippen LogP contribution < -0.4 is 0 Å². The summed E-state index contributed by atoms with van der Waals surface area (Å²) in [6, 6.07) is 0. The smallest absolute Gasteiger partial charge is 0.164 e. The Morgan fingerprint density at radius 2 is 2.09 bits per heavy atom. The highest BCUT2D eigenvalue weighted by Gasteiger charge is 2.44. The maximum atomic E-state index is 11.3. The van der Waals surface area contributed by atoms with Gasteiger partial charge in [-0.25, -0.2) is 0 Å². The third kappa shape index (κ3) is 1.00. The third-order valence-electron chi connectivity index (χ3n) is 2.94. The number of hydrogen-bond acceptors (Lipinski definition) is 2. The first kappa shape index (κ1) is 7.29. The molecule has 2 bridgehead atoms. The molecule has 4 atom stereocenters. The summed E-state index contributed by atoms with van der Waals surface area (Å²) in [6.07, 6.45) is 2.00. The van der Waals surface area contributed by atoms with E-state index in [9.17, 15) is 4.79 Å². The molecule has 0 amide bonds. The first-order valence-electron chi connectivity index (χ1n) is 4.36. The number of carbonyl (C=O) groups excluding carboxylic acids is 1. The minimum atomic E-state index is -0.0591. The van der Waals surface area contributed by atoms with Crippen molar-refractivity contribution >= 4 is 5.78 Å².